The van der Waals surface area contributed by atoms with Crippen molar-refractivity contribution in [1.82, 2.24) is 0 Å². The average molecular weight is 539 g/mol. The van der Waals surface area contributed by atoms with E-state index in [1.54, 1.807) is 6.08 Å². The van der Waals surface area contributed by atoms with Gasteiger partial charge in [0, 0.05) is 6.08 Å². The molecule has 1 aliphatic heterocycles. The molecule has 1 saturated heterocycles. The Labute approximate surface area is 225 Å². The number of allylic oxidation sites excluding steroid dienone is 6. The lowest BCUT2D eigenvalue weighted by Crippen LogP contribution is -2.45. The third-order valence-corrected chi connectivity index (χ3v) is 14.9. The Balaban J connectivity index is 3.01. The van der Waals surface area contributed by atoms with Crippen molar-refractivity contribution >= 4 is 37.8 Å². The molecule has 1 rings (SSSR count). The minimum atomic E-state index is -1.87. The van der Waals surface area contributed by atoms with Crippen molar-refractivity contribution in [3.05, 3.63) is 47.1 Å². The molecule has 3 nitrogen and oxygen atoms in total. The zero-order chi connectivity index (χ0) is 26.7. The summed E-state index contributed by atoms with van der Waals surface area (Å²) < 4.78 is 12.2. The molecule has 1 atom stereocenters. The van der Waals surface area contributed by atoms with Crippen LogP contribution in [0.3, 0.4) is 0 Å². The number of esters is 1. The SMILES string of the molecule is CCOC(=O)/C=C/C(C)=C/C(C)=C/C(C)=C/C[C@H](CC1(CC)SCCCS1)O[Si](C)(C)C(C)(C)C. The Morgan fingerprint density at radius 2 is 1.60 bits per heavy atom. The molecule has 0 aromatic heterocycles. The normalized spacial score (nSPS) is 19.2. The number of ether oxygens (including phenoxy) is 1. The highest BCUT2D eigenvalue weighted by Gasteiger charge is 2.41. The number of rotatable bonds is 12. The largest absolute Gasteiger partial charge is 0.463 e. The quantitative estimate of drug-likeness (QED) is 0.107. The summed E-state index contributed by atoms with van der Waals surface area (Å²) in [4.78, 5) is 11.5. The molecular formula is C29H50O3S2Si. The molecule has 0 amide bonds. The van der Waals surface area contributed by atoms with Gasteiger partial charge in [-0.3, -0.25) is 0 Å². The fourth-order valence-corrected chi connectivity index (χ4v) is 8.49. The van der Waals surface area contributed by atoms with Gasteiger partial charge in [0.25, 0.3) is 0 Å². The molecule has 0 unspecified atom stereocenters. The Bertz CT molecular complexity index is 797. The third kappa shape index (κ3) is 11.9. The topological polar surface area (TPSA) is 35.5 Å². The molecule has 200 valence electrons. The van der Waals surface area contributed by atoms with Crippen LogP contribution in [0, 0.1) is 0 Å². The fraction of sp³-hybridized carbons (Fsp3) is 0.690. The minimum absolute atomic E-state index is 0.201. The van der Waals surface area contributed by atoms with Crippen LogP contribution in [0.2, 0.25) is 18.1 Å². The zero-order valence-corrected chi connectivity index (χ0v) is 26.6. The fourth-order valence-electron chi connectivity index (χ4n) is 3.77. The predicted molar refractivity (Wildman–Crippen MR) is 161 cm³/mol. The number of thioether (sulfide) groups is 2. The number of carbonyl (C=O) groups excluding carboxylic acids is 1. The van der Waals surface area contributed by atoms with Crippen molar-refractivity contribution in [2.75, 3.05) is 18.1 Å². The molecule has 0 bridgehead atoms. The van der Waals surface area contributed by atoms with Crippen molar-refractivity contribution in [2.45, 2.75) is 109 Å². The molecule has 6 heteroatoms. The van der Waals surface area contributed by atoms with Gasteiger partial charge < -0.3 is 9.16 Å². The molecule has 35 heavy (non-hydrogen) atoms. The van der Waals surface area contributed by atoms with Gasteiger partial charge in [-0.25, -0.2) is 4.79 Å². The first-order chi connectivity index (χ1) is 16.2. The van der Waals surface area contributed by atoms with Gasteiger partial charge in [-0.1, -0.05) is 68.7 Å². The van der Waals surface area contributed by atoms with Crippen LogP contribution in [0.25, 0.3) is 0 Å². The van der Waals surface area contributed by atoms with Crippen LogP contribution in [-0.4, -0.2) is 42.6 Å². The molecule has 0 spiro atoms. The predicted octanol–water partition coefficient (Wildman–Crippen LogP) is 9.09. The van der Waals surface area contributed by atoms with Crippen LogP contribution in [0.4, 0.5) is 0 Å². The van der Waals surface area contributed by atoms with E-state index < -0.39 is 8.32 Å². The minimum Gasteiger partial charge on any atom is -0.463 e. The Morgan fingerprint density at radius 1 is 1.00 bits per heavy atom. The molecule has 0 aliphatic carbocycles. The summed E-state index contributed by atoms with van der Waals surface area (Å²) in [6, 6.07) is 0. The van der Waals surface area contributed by atoms with E-state index in [2.05, 4.69) is 96.4 Å². The van der Waals surface area contributed by atoms with Gasteiger partial charge in [-0.2, -0.15) is 0 Å². The number of hydrogen-bond donors (Lipinski definition) is 0. The van der Waals surface area contributed by atoms with Gasteiger partial charge in [-0.15, -0.1) is 23.5 Å². The molecule has 0 aromatic rings. The van der Waals surface area contributed by atoms with Crippen molar-refractivity contribution in [3.63, 3.8) is 0 Å². The van der Waals surface area contributed by atoms with Crippen LogP contribution >= 0.6 is 23.5 Å². The maximum Gasteiger partial charge on any atom is 0.330 e. The summed E-state index contributed by atoms with van der Waals surface area (Å²) in [5, 5.41) is 0.201. The van der Waals surface area contributed by atoms with Crippen LogP contribution in [-0.2, 0) is 14.0 Å². The first-order valence-electron chi connectivity index (χ1n) is 13.1. The second-order valence-electron chi connectivity index (χ2n) is 11.1. The molecule has 1 heterocycles. The first kappa shape index (κ1) is 32.3. The van der Waals surface area contributed by atoms with Crippen LogP contribution in [0.15, 0.2) is 47.1 Å². The van der Waals surface area contributed by atoms with E-state index >= 15 is 0 Å². The summed E-state index contributed by atoms with van der Waals surface area (Å²) in [7, 11) is -1.87. The van der Waals surface area contributed by atoms with Gasteiger partial charge in [-0.05, 0) is 83.0 Å². The van der Waals surface area contributed by atoms with Crippen molar-refractivity contribution in [2.24, 2.45) is 0 Å². The number of carbonyl (C=O) groups is 1. The summed E-state index contributed by atoms with van der Waals surface area (Å²) in [6.45, 7) is 22.5. The van der Waals surface area contributed by atoms with E-state index in [-0.39, 0.29) is 21.2 Å². The van der Waals surface area contributed by atoms with E-state index in [1.165, 1.54) is 36.0 Å². The second kappa shape index (κ2) is 14.9. The van der Waals surface area contributed by atoms with E-state index in [9.17, 15) is 4.79 Å². The Morgan fingerprint density at radius 3 is 2.14 bits per heavy atom. The monoisotopic (exact) mass is 538 g/mol. The molecule has 0 N–H and O–H groups in total. The molecule has 0 radical (unpaired) electrons. The lowest BCUT2D eigenvalue weighted by molar-refractivity contribution is -0.137. The molecule has 1 fully saturated rings. The van der Waals surface area contributed by atoms with Crippen LogP contribution in [0.5, 0.6) is 0 Å². The highest BCUT2D eigenvalue weighted by molar-refractivity contribution is 8.18. The van der Waals surface area contributed by atoms with Crippen molar-refractivity contribution in [3.8, 4) is 0 Å². The molecule has 1 aliphatic rings. The first-order valence-corrected chi connectivity index (χ1v) is 18.0. The smallest absolute Gasteiger partial charge is 0.330 e. The lowest BCUT2D eigenvalue weighted by atomic mass is 10.1. The molecule has 0 aromatic carbocycles. The summed E-state index contributed by atoms with van der Waals surface area (Å²) >= 11 is 4.30. The maximum absolute atomic E-state index is 11.5. The van der Waals surface area contributed by atoms with Gasteiger partial charge in [0.2, 0.25) is 0 Å². The van der Waals surface area contributed by atoms with Gasteiger partial charge >= 0.3 is 5.97 Å². The Kier molecular flexibility index (Phi) is 13.8. The standard InChI is InChI=1S/C29H50O3S2Si/c1-11-29(33-18-13-19-34-29)22-26(32-35(9,10)28(6,7)8)16-14-23(3)20-25(5)21-24(4)15-17-27(30)31-12-2/h14-15,17,20-21,26H,11-13,16,18-19,22H2,1-10H3/b17-15+,23-14+,24-21+,25-20+/t26-/m1/s1. The Hall–Kier alpha value is -0.693. The maximum atomic E-state index is 11.5. The van der Waals surface area contributed by atoms with E-state index in [0.717, 1.165) is 24.0 Å². The van der Waals surface area contributed by atoms with Crippen molar-refractivity contribution in [1.29, 1.82) is 0 Å². The van der Waals surface area contributed by atoms with Crippen LogP contribution in [0.1, 0.15) is 81.1 Å². The lowest BCUT2D eigenvalue weighted by Gasteiger charge is -2.43. The van der Waals surface area contributed by atoms with Gasteiger partial charge in [0.15, 0.2) is 8.32 Å². The average Bonchev–Trinajstić information content (AvgIpc) is 2.76. The van der Waals surface area contributed by atoms with Crippen molar-refractivity contribution < 1.29 is 14.0 Å². The highest BCUT2D eigenvalue weighted by Crippen LogP contribution is 2.49. The summed E-state index contributed by atoms with van der Waals surface area (Å²) in [5.41, 5.74) is 3.43. The van der Waals surface area contributed by atoms with E-state index in [0.29, 0.717) is 6.61 Å². The van der Waals surface area contributed by atoms with E-state index in [4.69, 9.17) is 9.16 Å². The summed E-state index contributed by atoms with van der Waals surface area (Å²) in [6.07, 6.45) is 14.7. The summed E-state index contributed by atoms with van der Waals surface area (Å²) in [5.74, 6) is 2.23. The zero-order valence-electron chi connectivity index (χ0n) is 24.0. The second-order valence-corrected chi connectivity index (χ2v) is 19.0. The van der Waals surface area contributed by atoms with Crippen LogP contribution < -0.4 is 0 Å². The molecule has 0 saturated carbocycles. The van der Waals surface area contributed by atoms with E-state index in [1.807, 2.05) is 13.8 Å². The number of hydrogen-bond acceptors (Lipinski definition) is 5. The van der Waals surface area contributed by atoms with Gasteiger partial charge in [0.05, 0.1) is 16.8 Å². The highest BCUT2D eigenvalue weighted by atomic mass is 32.2. The van der Waals surface area contributed by atoms with Gasteiger partial charge in [0.1, 0.15) is 0 Å². The third-order valence-electron chi connectivity index (χ3n) is 6.75. The molecular weight excluding hydrogens is 489 g/mol.